The second kappa shape index (κ2) is 4.95. The van der Waals surface area contributed by atoms with Gasteiger partial charge in [-0.2, -0.15) is 0 Å². The maximum Gasteiger partial charge on any atom is 0.280 e. The van der Waals surface area contributed by atoms with Crippen LogP contribution in [0.1, 0.15) is 23.7 Å². The van der Waals surface area contributed by atoms with Gasteiger partial charge in [-0.05, 0) is 30.1 Å². The lowest BCUT2D eigenvalue weighted by Gasteiger charge is -2.28. The molecule has 0 amide bonds. The van der Waals surface area contributed by atoms with Crippen LogP contribution in [-0.4, -0.2) is 9.97 Å². The van der Waals surface area contributed by atoms with Crippen LogP contribution in [0.3, 0.4) is 0 Å². The summed E-state index contributed by atoms with van der Waals surface area (Å²) in [7, 11) is 0. The van der Waals surface area contributed by atoms with Crippen molar-refractivity contribution in [2.45, 2.75) is 19.1 Å². The van der Waals surface area contributed by atoms with Crippen LogP contribution in [0.4, 0.5) is 8.78 Å². The molecule has 0 saturated carbocycles. The number of aromatic nitrogens is 2. The Balaban J connectivity index is 1.98. The van der Waals surface area contributed by atoms with Gasteiger partial charge in [0.1, 0.15) is 0 Å². The van der Waals surface area contributed by atoms with Gasteiger partial charge < -0.3 is 0 Å². The Morgan fingerprint density at radius 3 is 2.65 bits per heavy atom. The molecule has 0 aliphatic heterocycles. The van der Waals surface area contributed by atoms with E-state index in [1.165, 1.54) is 30.5 Å². The average Bonchev–Trinajstić information content (AvgIpc) is 2.66. The summed E-state index contributed by atoms with van der Waals surface area (Å²) in [5.41, 5.74) is -0.106. The van der Waals surface area contributed by atoms with Crippen molar-refractivity contribution in [3.8, 4) is 22.4 Å². The number of rotatable bonds is 1. The van der Waals surface area contributed by atoms with E-state index in [9.17, 15) is 0 Å². The van der Waals surface area contributed by atoms with Crippen LogP contribution in [-0.2, 0) is 12.3 Å². The Labute approximate surface area is 139 Å². The minimum absolute atomic E-state index is 0.00214. The molecular weight excluding hydrogens is 294 g/mol. The first-order valence-electron chi connectivity index (χ1n) is 9.49. The molecule has 23 heavy (non-hydrogen) atoms. The first-order chi connectivity index (χ1) is 13.0. The van der Waals surface area contributed by atoms with Gasteiger partial charge in [-0.15, -0.1) is 0 Å². The molecule has 2 aromatic heterocycles. The summed E-state index contributed by atoms with van der Waals surface area (Å²) in [6.07, 6.45) is -0.588. The Hall–Kier alpha value is -2.62. The number of hydrogen-bond acceptors (Lipinski definition) is 2. The average molecular weight is 313 g/mol. The van der Waals surface area contributed by atoms with Crippen molar-refractivity contribution in [1.82, 2.24) is 9.97 Å². The second-order valence-electron chi connectivity index (χ2n) is 5.26. The molecule has 0 spiro atoms. The van der Waals surface area contributed by atoms with E-state index in [1.54, 1.807) is 18.2 Å². The third-order valence-corrected chi connectivity index (χ3v) is 3.79. The Kier molecular flexibility index (Phi) is 2.04. The van der Waals surface area contributed by atoms with Crippen molar-refractivity contribution in [2.24, 2.45) is 0 Å². The first kappa shape index (κ1) is 9.50. The van der Waals surface area contributed by atoms with E-state index in [0.717, 1.165) is 6.20 Å². The third kappa shape index (κ3) is 2.22. The standard InChI is InChI=1S/C19H14F2N2/c1-12-7-8-16(23-11-12)15-5-2-4-14-13-6-3-9-22-17(13)10-19(20,21)18(14)15/h2-9,11H,10H2,1H3/i1D3,10D2. The van der Waals surface area contributed by atoms with Crippen molar-refractivity contribution in [3.05, 3.63) is 71.7 Å². The van der Waals surface area contributed by atoms with Crippen molar-refractivity contribution in [1.29, 1.82) is 0 Å². The van der Waals surface area contributed by atoms with Gasteiger partial charge in [0.05, 0.1) is 17.8 Å². The van der Waals surface area contributed by atoms with Crippen molar-refractivity contribution in [3.63, 3.8) is 0 Å². The lowest BCUT2D eigenvalue weighted by atomic mass is 9.82. The van der Waals surface area contributed by atoms with Crippen LogP contribution < -0.4 is 0 Å². The SMILES string of the molecule is [2H]C([2H])([2H])c1ccc(-c2cccc3c2C(F)(F)C([2H])([2H])c2ncccc2-3)nc1. The van der Waals surface area contributed by atoms with Crippen LogP contribution in [0, 0.1) is 6.85 Å². The smallest absolute Gasteiger partial charge is 0.260 e. The molecule has 0 radical (unpaired) electrons. The van der Waals surface area contributed by atoms with Crippen LogP contribution in [0.25, 0.3) is 22.4 Å². The number of benzene rings is 1. The second-order valence-corrected chi connectivity index (χ2v) is 5.26. The fourth-order valence-corrected chi connectivity index (χ4v) is 2.82. The van der Waals surface area contributed by atoms with E-state index in [-0.39, 0.29) is 28.1 Å². The Morgan fingerprint density at radius 1 is 1.04 bits per heavy atom. The fraction of sp³-hybridized carbons (Fsp3) is 0.158. The van der Waals surface area contributed by atoms with Crippen LogP contribution in [0.2, 0.25) is 0 Å². The van der Waals surface area contributed by atoms with Gasteiger partial charge in [-0.3, -0.25) is 9.97 Å². The lowest BCUT2D eigenvalue weighted by molar-refractivity contribution is -0.00523. The van der Waals surface area contributed by atoms with Gasteiger partial charge >= 0.3 is 0 Å². The number of alkyl halides is 2. The van der Waals surface area contributed by atoms with E-state index in [0.29, 0.717) is 5.56 Å². The number of halogens is 2. The number of hydrogen-bond donors (Lipinski definition) is 0. The summed E-state index contributed by atoms with van der Waals surface area (Å²) in [6, 6.07) is 10.3. The summed E-state index contributed by atoms with van der Waals surface area (Å²) < 4.78 is 69.1. The molecule has 3 aromatic rings. The fourth-order valence-electron chi connectivity index (χ4n) is 2.82. The molecule has 0 atom stereocenters. The Morgan fingerprint density at radius 2 is 1.87 bits per heavy atom. The third-order valence-electron chi connectivity index (χ3n) is 3.79. The molecule has 2 nitrogen and oxygen atoms in total. The number of nitrogens with zero attached hydrogens (tertiary/aromatic N) is 2. The van der Waals surface area contributed by atoms with Gasteiger partial charge in [-0.1, -0.05) is 30.3 Å². The molecule has 1 aliphatic carbocycles. The molecule has 4 rings (SSSR count). The summed E-state index contributed by atoms with van der Waals surface area (Å²) >= 11 is 0. The molecular formula is C19H14F2N2. The van der Waals surface area contributed by atoms with Gasteiger partial charge in [0.2, 0.25) is 0 Å². The Bertz CT molecular complexity index is 1060. The molecule has 0 unspecified atom stereocenters. The molecule has 0 saturated heterocycles. The molecule has 2 heterocycles. The molecule has 0 N–H and O–H groups in total. The van der Waals surface area contributed by atoms with Crippen molar-refractivity contribution in [2.75, 3.05) is 0 Å². The molecule has 0 bridgehead atoms. The highest BCUT2D eigenvalue weighted by Gasteiger charge is 2.42. The normalized spacial score (nSPS) is 20.9. The number of aryl methyl sites for hydroxylation is 1. The zero-order valence-corrected chi connectivity index (χ0v) is 11.8. The van der Waals surface area contributed by atoms with E-state index in [2.05, 4.69) is 9.97 Å². The molecule has 0 fully saturated rings. The maximum atomic E-state index is 15.3. The molecule has 1 aliphatic rings. The highest BCUT2D eigenvalue weighted by Crippen LogP contribution is 2.48. The maximum absolute atomic E-state index is 15.3. The molecule has 114 valence electrons. The van der Waals surface area contributed by atoms with Crippen molar-refractivity contribution >= 4 is 0 Å². The molecule has 1 aromatic carbocycles. The van der Waals surface area contributed by atoms with Crippen molar-refractivity contribution < 1.29 is 15.6 Å². The minimum atomic E-state index is -3.86. The predicted octanol–water partition coefficient (Wildman–Crippen LogP) is 4.77. The van der Waals surface area contributed by atoms with Gasteiger partial charge in [0.25, 0.3) is 5.92 Å². The summed E-state index contributed by atoms with van der Waals surface area (Å²) in [4.78, 5) is 7.94. The zero-order valence-electron chi connectivity index (χ0n) is 16.8. The lowest BCUT2D eigenvalue weighted by Crippen LogP contribution is -2.24. The summed E-state index contributed by atoms with van der Waals surface area (Å²) in [6.45, 7) is -2.35. The van der Waals surface area contributed by atoms with Gasteiger partial charge in [0, 0.05) is 35.9 Å². The molecule has 4 heteroatoms. The zero-order chi connectivity index (χ0) is 20.3. The van der Waals surface area contributed by atoms with E-state index >= 15 is 8.78 Å². The topological polar surface area (TPSA) is 25.8 Å². The van der Waals surface area contributed by atoms with Gasteiger partial charge in [-0.25, -0.2) is 8.78 Å². The van der Waals surface area contributed by atoms with Gasteiger partial charge in [0.15, 0.2) is 0 Å². The number of fused-ring (bicyclic) bond motifs is 3. The largest absolute Gasteiger partial charge is 0.280 e. The van der Waals surface area contributed by atoms with E-state index < -0.39 is 24.7 Å². The van der Waals surface area contributed by atoms with Crippen LogP contribution in [0.15, 0.2) is 54.9 Å². The van der Waals surface area contributed by atoms with Crippen LogP contribution >= 0.6 is 0 Å². The van der Waals surface area contributed by atoms with Crippen LogP contribution in [0.5, 0.6) is 0 Å². The summed E-state index contributed by atoms with van der Waals surface area (Å²) in [5, 5.41) is 0. The highest BCUT2D eigenvalue weighted by atomic mass is 19.3. The minimum Gasteiger partial charge on any atom is -0.260 e. The van der Waals surface area contributed by atoms with E-state index in [1.807, 2.05) is 0 Å². The first-order valence-corrected chi connectivity index (χ1v) is 6.99. The highest BCUT2D eigenvalue weighted by molar-refractivity contribution is 5.81. The van der Waals surface area contributed by atoms with E-state index in [4.69, 9.17) is 6.85 Å². The quantitative estimate of drug-likeness (QED) is 0.647. The predicted molar refractivity (Wildman–Crippen MR) is 85.2 cm³/mol. The monoisotopic (exact) mass is 313 g/mol. The summed E-state index contributed by atoms with van der Waals surface area (Å²) in [5.74, 6) is -3.86. The number of pyridine rings is 2.